The third-order valence-electron chi connectivity index (χ3n) is 3.25. The molecule has 1 aliphatic rings. The van der Waals surface area contributed by atoms with Crippen molar-refractivity contribution in [1.29, 1.82) is 0 Å². The zero-order chi connectivity index (χ0) is 13.2. The van der Waals surface area contributed by atoms with Crippen molar-refractivity contribution in [2.75, 3.05) is 13.2 Å². The third kappa shape index (κ3) is 2.39. The van der Waals surface area contributed by atoms with Crippen molar-refractivity contribution in [3.63, 3.8) is 0 Å². The Morgan fingerprint density at radius 2 is 1.89 bits per heavy atom. The number of benzene rings is 1. The Morgan fingerprint density at radius 1 is 1.11 bits per heavy atom. The van der Waals surface area contributed by atoms with E-state index in [-0.39, 0.29) is 17.4 Å². The van der Waals surface area contributed by atoms with Gasteiger partial charge in [-0.05, 0) is 31.0 Å². The third-order valence-corrected chi connectivity index (χ3v) is 3.25. The zero-order valence-corrected chi connectivity index (χ0v) is 10.2. The predicted molar refractivity (Wildman–Crippen MR) is 65.9 cm³/mol. The van der Waals surface area contributed by atoms with Crippen LogP contribution in [0.1, 0.15) is 24.6 Å². The first-order valence-corrected chi connectivity index (χ1v) is 6.18. The molecule has 6 heteroatoms. The van der Waals surface area contributed by atoms with Crippen LogP contribution < -0.4 is 0 Å². The average Bonchev–Trinajstić information content (AvgIpc) is 2.93. The SMILES string of the molecule is Oc1ccc(-c2nc(C3CCOCC3)no2)cc1O. The standard InChI is InChI=1S/C13H14N2O4/c16-10-2-1-9(7-11(10)17)13-14-12(15-19-13)8-3-5-18-6-4-8/h1-2,7-8,16-17H,3-6H2. The van der Waals surface area contributed by atoms with Crippen molar-refractivity contribution in [3.8, 4) is 23.0 Å². The molecule has 2 heterocycles. The van der Waals surface area contributed by atoms with E-state index in [4.69, 9.17) is 9.26 Å². The summed E-state index contributed by atoms with van der Waals surface area (Å²) in [6, 6.07) is 4.41. The van der Waals surface area contributed by atoms with Gasteiger partial charge in [-0.2, -0.15) is 4.98 Å². The van der Waals surface area contributed by atoms with Crippen LogP contribution in [0, 0.1) is 0 Å². The Balaban J connectivity index is 1.85. The number of aromatic hydroxyl groups is 2. The van der Waals surface area contributed by atoms with Crippen molar-refractivity contribution in [3.05, 3.63) is 24.0 Å². The van der Waals surface area contributed by atoms with Gasteiger partial charge in [0.2, 0.25) is 0 Å². The van der Waals surface area contributed by atoms with Crippen LogP contribution in [-0.2, 0) is 4.74 Å². The molecule has 0 radical (unpaired) electrons. The van der Waals surface area contributed by atoms with Crippen LogP contribution in [0.25, 0.3) is 11.5 Å². The molecule has 0 saturated carbocycles. The van der Waals surface area contributed by atoms with E-state index in [2.05, 4.69) is 10.1 Å². The number of aromatic nitrogens is 2. The lowest BCUT2D eigenvalue weighted by molar-refractivity contribution is 0.0830. The second kappa shape index (κ2) is 4.89. The molecule has 0 amide bonds. The summed E-state index contributed by atoms with van der Waals surface area (Å²) in [4.78, 5) is 4.35. The molecular formula is C13H14N2O4. The van der Waals surface area contributed by atoms with Crippen LogP contribution in [0.4, 0.5) is 0 Å². The Kier molecular flexibility index (Phi) is 3.08. The highest BCUT2D eigenvalue weighted by Gasteiger charge is 2.22. The van der Waals surface area contributed by atoms with Gasteiger partial charge in [-0.15, -0.1) is 0 Å². The highest BCUT2D eigenvalue weighted by molar-refractivity contribution is 5.58. The van der Waals surface area contributed by atoms with E-state index in [0.717, 1.165) is 12.8 Å². The molecule has 100 valence electrons. The molecular weight excluding hydrogens is 248 g/mol. The lowest BCUT2D eigenvalue weighted by atomic mass is 10.00. The summed E-state index contributed by atoms with van der Waals surface area (Å²) in [6.45, 7) is 1.43. The van der Waals surface area contributed by atoms with E-state index in [1.165, 1.54) is 12.1 Å². The minimum absolute atomic E-state index is 0.173. The average molecular weight is 262 g/mol. The van der Waals surface area contributed by atoms with Crippen LogP contribution in [0.5, 0.6) is 11.5 Å². The minimum atomic E-state index is -0.205. The number of ether oxygens (including phenoxy) is 1. The second-order valence-electron chi connectivity index (χ2n) is 4.55. The van der Waals surface area contributed by atoms with Gasteiger partial charge in [-0.1, -0.05) is 5.16 Å². The van der Waals surface area contributed by atoms with Crippen LogP contribution in [0.2, 0.25) is 0 Å². The molecule has 3 rings (SSSR count). The van der Waals surface area contributed by atoms with Gasteiger partial charge in [0, 0.05) is 24.7 Å². The summed E-state index contributed by atoms with van der Waals surface area (Å²) < 4.78 is 10.5. The molecule has 2 N–H and O–H groups in total. The molecule has 0 spiro atoms. The molecule has 0 atom stereocenters. The Morgan fingerprint density at radius 3 is 2.63 bits per heavy atom. The Bertz CT molecular complexity index is 576. The van der Waals surface area contributed by atoms with Crippen LogP contribution in [-0.4, -0.2) is 33.6 Å². The van der Waals surface area contributed by atoms with Gasteiger partial charge < -0.3 is 19.5 Å². The molecule has 19 heavy (non-hydrogen) atoms. The van der Waals surface area contributed by atoms with Crippen molar-refractivity contribution in [2.24, 2.45) is 0 Å². The van der Waals surface area contributed by atoms with E-state index in [0.29, 0.717) is 30.5 Å². The molecule has 1 aromatic carbocycles. The van der Waals surface area contributed by atoms with E-state index in [9.17, 15) is 10.2 Å². The van der Waals surface area contributed by atoms with E-state index >= 15 is 0 Å². The first-order valence-electron chi connectivity index (χ1n) is 6.18. The molecule has 6 nitrogen and oxygen atoms in total. The maximum atomic E-state index is 9.46. The van der Waals surface area contributed by atoms with Crippen molar-refractivity contribution in [2.45, 2.75) is 18.8 Å². The van der Waals surface area contributed by atoms with Crippen LogP contribution in [0.15, 0.2) is 22.7 Å². The van der Waals surface area contributed by atoms with Gasteiger partial charge in [0.15, 0.2) is 17.3 Å². The number of phenols is 2. The summed E-state index contributed by atoms with van der Waals surface area (Å²) >= 11 is 0. The fraction of sp³-hybridized carbons (Fsp3) is 0.385. The normalized spacial score (nSPS) is 16.6. The van der Waals surface area contributed by atoms with Crippen molar-refractivity contribution in [1.82, 2.24) is 10.1 Å². The van der Waals surface area contributed by atoms with Crippen molar-refractivity contribution >= 4 is 0 Å². The van der Waals surface area contributed by atoms with E-state index in [1.807, 2.05) is 0 Å². The van der Waals surface area contributed by atoms with Gasteiger partial charge in [0.05, 0.1) is 0 Å². The minimum Gasteiger partial charge on any atom is -0.504 e. The Hall–Kier alpha value is -2.08. The van der Waals surface area contributed by atoms with Gasteiger partial charge in [0.1, 0.15) is 0 Å². The highest BCUT2D eigenvalue weighted by atomic mass is 16.5. The number of hydrogen-bond donors (Lipinski definition) is 2. The molecule has 1 aliphatic heterocycles. The smallest absolute Gasteiger partial charge is 0.258 e. The maximum absolute atomic E-state index is 9.46. The Labute approximate surface area is 109 Å². The highest BCUT2D eigenvalue weighted by Crippen LogP contribution is 2.31. The second-order valence-corrected chi connectivity index (χ2v) is 4.55. The number of hydrogen-bond acceptors (Lipinski definition) is 6. The van der Waals surface area contributed by atoms with Crippen LogP contribution >= 0.6 is 0 Å². The lowest BCUT2D eigenvalue weighted by Crippen LogP contribution is -2.15. The summed E-state index contributed by atoms with van der Waals surface area (Å²) in [5, 5.41) is 22.7. The quantitative estimate of drug-likeness (QED) is 0.805. The first-order chi connectivity index (χ1) is 9.24. The summed E-state index contributed by atoms with van der Waals surface area (Å²) in [5.41, 5.74) is 0.584. The number of rotatable bonds is 2. The van der Waals surface area contributed by atoms with Gasteiger partial charge >= 0.3 is 0 Å². The largest absolute Gasteiger partial charge is 0.504 e. The van der Waals surface area contributed by atoms with E-state index < -0.39 is 0 Å². The zero-order valence-electron chi connectivity index (χ0n) is 10.2. The molecule has 0 unspecified atom stereocenters. The van der Waals surface area contributed by atoms with Crippen molar-refractivity contribution < 1.29 is 19.5 Å². The fourth-order valence-electron chi connectivity index (χ4n) is 2.13. The summed E-state index contributed by atoms with van der Waals surface area (Å²) in [5.74, 6) is 0.899. The fourth-order valence-corrected chi connectivity index (χ4v) is 2.13. The number of phenolic OH excluding ortho intramolecular Hbond substituents is 2. The predicted octanol–water partition coefficient (Wildman–Crippen LogP) is 2.04. The van der Waals surface area contributed by atoms with E-state index in [1.54, 1.807) is 6.07 Å². The van der Waals surface area contributed by atoms with Crippen LogP contribution in [0.3, 0.4) is 0 Å². The summed E-state index contributed by atoms with van der Waals surface area (Å²) in [6.07, 6.45) is 1.78. The molecule has 1 saturated heterocycles. The molecule has 0 bridgehead atoms. The van der Waals surface area contributed by atoms with Gasteiger partial charge in [-0.25, -0.2) is 0 Å². The summed E-state index contributed by atoms with van der Waals surface area (Å²) in [7, 11) is 0. The monoisotopic (exact) mass is 262 g/mol. The van der Waals surface area contributed by atoms with Gasteiger partial charge in [0.25, 0.3) is 5.89 Å². The maximum Gasteiger partial charge on any atom is 0.258 e. The molecule has 0 aliphatic carbocycles. The molecule has 2 aromatic rings. The van der Waals surface area contributed by atoms with Gasteiger partial charge in [-0.3, -0.25) is 0 Å². The molecule has 1 aromatic heterocycles. The topological polar surface area (TPSA) is 88.6 Å². The number of nitrogens with zero attached hydrogens (tertiary/aromatic N) is 2. The lowest BCUT2D eigenvalue weighted by Gasteiger charge is -2.18. The molecule has 1 fully saturated rings. The first kappa shape index (κ1) is 12.0.